The van der Waals surface area contributed by atoms with Gasteiger partial charge in [0.25, 0.3) is 5.91 Å². The first-order valence-electron chi connectivity index (χ1n) is 8.68. The van der Waals surface area contributed by atoms with Gasteiger partial charge in [-0.2, -0.15) is 0 Å². The highest BCUT2D eigenvalue weighted by atomic mass is 16.5. The zero-order valence-electron chi connectivity index (χ0n) is 15.7. The molecule has 0 spiro atoms. The monoisotopic (exact) mass is 370 g/mol. The zero-order valence-corrected chi connectivity index (χ0v) is 15.7. The molecule has 27 heavy (non-hydrogen) atoms. The van der Waals surface area contributed by atoms with Crippen LogP contribution in [0, 0.1) is 0 Å². The second-order valence-corrected chi connectivity index (χ2v) is 6.98. The molecule has 2 heterocycles. The molecule has 1 aromatic carbocycles. The average molecular weight is 370 g/mol. The van der Waals surface area contributed by atoms with E-state index in [1.165, 1.54) is 13.2 Å². The van der Waals surface area contributed by atoms with E-state index >= 15 is 0 Å². The van der Waals surface area contributed by atoms with Crippen LogP contribution in [-0.2, 0) is 21.6 Å². The van der Waals surface area contributed by atoms with Crippen molar-refractivity contribution < 1.29 is 23.5 Å². The van der Waals surface area contributed by atoms with Gasteiger partial charge in [-0.1, -0.05) is 38.1 Å². The van der Waals surface area contributed by atoms with Crippen molar-refractivity contribution in [2.75, 3.05) is 7.11 Å². The number of hydrogen-bond acceptors (Lipinski definition) is 5. The Bertz CT molecular complexity index is 884. The highest BCUT2D eigenvalue weighted by molar-refractivity contribution is 6.07. The van der Waals surface area contributed by atoms with Crippen molar-refractivity contribution in [1.82, 2.24) is 10.2 Å². The lowest BCUT2D eigenvalue weighted by Gasteiger charge is -2.22. The maximum Gasteiger partial charge on any atom is 0.373 e. The summed E-state index contributed by atoms with van der Waals surface area (Å²) >= 11 is 0. The number of amides is 3. The van der Waals surface area contributed by atoms with E-state index in [-0.39, 0.29) is 18.2 Å². The second kappa shape index (κ2) is 6.90. The van der Waals surface area contributed by atoms with Crippen molar-refractivity contribution in [2.45, 2.75) is 38.8 Å². The molecule has 0 unspecified atom stereocenters. The number of carbonyl (C=O) groups is 3. The summed E-state index contributed by atoms with van der Waals surface area (Å²) in [6.45, 7) is 5.79. The van der Waals surface area contributed by atoms with Crippen LogP contribution < -0.4 is 5.32 Å². The standard InChI is InChI=1S/C20H22N2O5/c1-12(2)13-5-7-14(8-6-13)20(3)18(24)22(19(25)21-20)11-15-9-10-16(27-15)17(23)26-4/h5-10,12H,11H2,1-4H3,(H,21,25)/t20-/m1/s1. The van der Waals surface area contributed by atoms with Crippen LogP contribution in [0.5, 0.6) is 0 Å². The Kier molecular flexibility index (Phi) is 4.78. The fourth-order valence-corrected chi connectivity index (χ4v) is 3.07. The number of esters is 1. The Morgan fingerprint density at radius 3 is 2.44 bits per heavy atom. The van der Waals surface area contributed by atoms with Gasteiger partial charge in [0.05, 0.1) is 13.7 Å². The maximum atomic E-state index is 13.0. The molecule has 142 valence electrons. The summed E-state index contributed by atoms with van der Waals surface area (Å²) in [5, 5.41) is 2.76. The van der Waals surface area contributed by atoms with E-state index in [1.807, 2.05) is 24.3 Å². The van der Waals surface area contributed by atoms with Crippen LogP contribution in [0.4, 0.5) is 4.79 Å². The third-order valence-corrected chi connectivity index (χ3v) is 4.79. The summed E-state index contributed by atoms with van der Waals surface area (Å²) in [4.78, 5) is 37.9. The van der Waals surface area contributed by atoms with Crippen LogP contribution in [0.3, 0.4) is 0 Å². The minimum absolute atomic E-state index is 0.0200. The van der Waals surface area contributed by atoms with Crippen molar-refractivity contribution in [2.24, 2.45) is 0 Å². The molecule has 0 aliphatic carbocycles. The van der Waals surface area contributed by atoms with Gasteiger partial charge in [-0.15, -0.1) is 0 Å². The smallest absolute Gasteiger partial charge is 0.373 e. The average Bonchev–Trinajstić information content (AvgIpc) is 3.20. The summed E-state index contributed by atoms with van der Waals surface area (Å²) in [5.41, 5.74) is 0.717. The van der Waals surface area contributed by atoms with Crippen molar-refractivity contribution in [1.29, 1.82) is 0 Å². The van der Waals surface area contributed by atoms with Crippen LogP contribution in [0.25, 0.3) is 0 Å². The number of nitrogens with one attached hydrogen (secondary N) is 1. The Hall–Kier alpha value is -3.09. The molecule has 1 aliphatic rings. The Balaban J connectivity index is 1.81. The lowest BCUT2D eigenvalue weighted by atomic mass is 9.90. The predicted molar refractivity (Wildman–Crippen MR) is 97.0 cm³/mol. The van der Waals surface area contributed by atoms with Crippen LogP contribution in [0.2, 0.25) is 0 Å². The number of imide groups is 1. The Labute approximate surface area is 157 Å². The maximum absolute atomic E-state index is 13.0. The number of urea groups is 1. The summed E-state index contributed by atoms with van der Waals surface area (Å²) in [6, 6.07) is 10.1. The van der Waals surface area contributed by atoms with Crippen molar-refractivity contribution in [3.8, 4) is 0 Å². The molecule has 1 fully saturated rings. The molecular weight excluding hydrogens is 348 g/mol. The minimum Gasteiger partial charge on any atom is -0.463 e. The van der Waals surface area contributed by atoms with E-state index in [1.54, 1.807) is 13.0 Å². The molecule has 0 bridgehead atoms. The number of benzene rings is 1. The first kappa shape index (κ1) is 18.7. The first-order valence-corrected chi connectivity index (χ1v) is 8.68. The van der Waals surface area contributed by atoms with E-state index in [9.17, 15) is 14.4 Å². The number of furan rings is 1. The van der Waals surface area contributed by atoms with Crippen LogP contribution in [0.1, 0.15) is 54.1 Å². The topological polar surface area (TPSA) is 88.9 Å². The number of carbonyl (C=O) groups excluding carboxylic acids is 3. The van der Waals surface area contributed by atoms with Gasteiger partial charge in [-0.3, -0.25) is 9.69 Å². The zero-order chi connectivity index (χ0) is 19.8. The molecule has 0 saturated carbocycles. The fourth-order valence-electron chi connectivity index (χ4n) is 3.07. The van der Waals surface area contributed by atoms with Gasteiger partial charge < -0.3 is 14.5 Å². The minimum atomic E-state index is -1.15. The van der Waals surface area contributed by atoms with Crippen molar-refractivity contribution in [3.05, 3.63) is 59.0 Å². The van der Waals surface area contributed by atoms with Crippen molar-refractivity contribution >= 4 is 17.9 Å². The summed E-state index contributed by atoms with van der Waals surface area (Å²) in [5.74, 6) is -0.278. The van der Waals surface area contributed by atoms with Crippen LogP contribution in [0.15, 0.2) is 40.8 Å². The molecule has 3 rings (SSSR count). The largest absolute Gasteiger partial charge is 0.463 e. The molecule has 1 aromatic heterocycles. The van der Waals surface area contributed by atoms with Gasteiger partial charge in [0.1, 0.15) is 11.3 Å². The number of rotatable bonds is 5. The number of methoxy groups -OCH3 is 1. The summed E-state index contributed by atoms with van der Waals surface area (Å²) in [6.07, 6.45) is 0. The van der Waals surface area contributed by atoms with E-state index in [0.29, 0.717) is 17.2 Å². The molecule has 1 N–H and O–H groups in total. The lowest BCUT2D eigenvalue weighted by molar-refractivity contribution is -0.131. The lowest BCUT2D eigenvalue weighted by Crippen LogP contribution is -2.40. The number of ether oxygens (including phenoxy) is 1. The van der Waals surface area contributed by atoms with Gasteiger partial charge in [-0.25, -0.2) is 9.59 Å². The second-order valence-electron chi connectivity index (χ2n) is 6.98. The SMILES string of the molecule is COC(=O)c1ccc(CN2C(=O)N[C@](C)(c3ccc(C(C)C)cc3)C2=O)o1. The number of nitrogens with zero attached hydrogens (tertiary/aromatic N) is 1. The van der Waals surface area contributed by atoms with Gasteiger partial charge in [0, 0.05) is 0 Å². The highest BCUT2D eigenvalue weighted by Gasteiger charge is 2.49. The predicted octanol–water partition coefficient (Wildman–Crippen LogP) is 3.16. The molecule has 7 heteroatoms. The fraction of sp³-hybridized carbons (Fsp3) is 0.350. The van der Waals surface area contributed by atoms with Crippen molar-refractivity contribution in [3.63, 3.8) is 0 Å². The van der Waals surface area contributed by atoms with Crippen LogP contribution >= 0.6 is 0 Å². The quantitative estimate of drug-likeness (QED) is 0.645. The molecule has 2 aromatic rings. The first-order chi connectivity index (χ1) is 12.8. The van der Waals surface area contributed by atoms with E-state index in [0.717, 1.165) is 10.5 Å². The Morgan fingerprint density at radius 1 is 1.19 bits per heavy atom. The van der Waals surface area contributed by atoms with Gasteiger partial charge in [0.2, 0.25) is 5.76 Å². The van der Waals surface area contributed by atoms with Gasteiger partial charge in [0.15, 0.2) is 0 Å². The molecule has 7 nitrogen and oxygen atoms in total. The molecule has 1 atom stereocenters. The normalized spacial score (nSPS) is 19.5. The summed E-state index contributed by atoms with van der Waals surface area (Å²) < 4.78 is 9.95. The van der Waals surface area contributed by atoms with Gasteiger partial charge in [-0.05, 0) is 36.1 Å². The molecule has 0 radical (unpaired) electrons. The van der Waals surface area contributed by atoms with E-state index in [2.05, 4.69) is 23.9 Å². The molecule has 1 aliphatic heterocycles. The summed E-state index contributed by atoms with van der Waals surface area (Å²) in [7, 11) is 1.25. The highest BCUT2D eigenvalue weighted by Crippen LogP contribution is 2.31. The molecule has 1 saturated heterocycles. The third kappa shape index (κ3) is 3.32. The third-order valence-electron chi connectivity index (χ3n) is 4.79. The Morgan fingerprint density at radius 2 is 1.85 bits per heavy atom. The molecular formula is C20H22N2O5. The van der Waals surface area contributed by atoms with E-state index in [4.69, 9.17) is 4.42 Å². The van der Waals surface area contributed by atoms with Gasteiger partial charge >= 0.3 is 12.0 Å². The van der Waals surface area contributed by atoms with E-state index < -0.39 is 17.5 Å². The molecule has 3 amide bonds. The number of hydrogen-bond donors (Lipinski definition) is 1. The van der Waals surface area contributed by atoms with Crippen LogP contribution in [-0.4, -0.2) is 29.9 Å².